The number of halogens is 1. The molecule has 174 valence electrons. The number of nitrogens with one attached hydrogen (secondary N) is 1. The molecule has 0 aliphatic rings. The van der Waals surface area contributed by atoms with E-state index in [9.17, 15) is 19.1 Å². The minimum atomic E-state index is -1.13. The summed E-state index contributed by atoms with van der Waals surface area (Å²) in [4.78, 5) is 29.4. The lowest BCUT2D eigenvalue weighted by Gasteiger charge is -2.23. The number of hydrogen-bond acceptors (Lipinski definition) is 3. The number of carboxylic acid groups (broad SMARTS) is 1. The van der Waals surface area contributed by atoms with Gasteiger partial charge in [-0.2, -0.15) is 0 Å². The number of fused-ring (bicyclic) bond motifs is 1. The zero-order chi connectivity index (χ0) is 24.1. The molecule has 0 aliphatic carbocycles. The Bertz CT molecular complexity index is 1330. The molecule has 0 unspecified atom stereocenters. The van der Waals surface area contributed by atoms with E-state index in [4.69, 9.17) is 4.74 Å². The predicted octanol–water partition coefficient (Wildman–Crippen LogP) is 4.96. The van der Waals surface area contributed by atoms with Crippen molar-refractivity contribution in [2.75, 3.05) is 13.2 Å². The Morgan fingerprint density at radius 1 is 1.03 bits per heavy atom. The summed E-state index contributed by atoms with van der Waals surface area (Å²) < 4.78 is 20.0. The Labute approximate surface area is 196 Å². The predicted molar refractivity (Wildman–Crippen MR) is 127 cm³/mol. The molecule has 3 aromatic carbocycles. The maximum Gasteiger partial charge on any atom is 0.339 e. The van der Waals surface area contributed by atoms with E-state index >= 15 is 0 Å². The highest BCUT2D eigenvalue weighted by Crippen LogP contribution is 2.22. The van der Waals surface area contributed by atoms with Crippen LogP contribution in [-0.2, 0) is 17.8 Å². The summed E-state index contributed by atoms with van der Waals surface area (Å²) in [6, 6.07) is 18.9. The molecule has 7 heteroatoms. The molecule has 2 N–H and O–H groups in total. The minimum Gasteiger partial charge on any atom is -0.483 e. The number of H-pyrrole nitrogens is 1. The summed E-state index contributed by atoms with van der Waals surface area (Å²) in [6.07, 6.45) is 2.48. The van der Waals surface area contributed by atoms with Gasteiger partial charge in [0.05, 0.1) is 0 Å². The van der Waals surface area contributed by atoms with E-state index in [-0.39, 0.29) is 36.2 Å². The van der Waals surface area contributed by atoms with Gasteiger partial charge >= 0.3 is 5.97 Å². The number of aromatic nitrogens is 1. The van der Waals surface area contributed by atoms with Crippen molar-refractivity contribution >= 4 is 22.8 Å². The van der Waals surface area contributed by atoms with E-state index in [2.05, 4.69) is 4.98 Å². The zero-order valence-electron chi connectivity index (χ0n) is 18.8. The minimum absolute atomic E-state index is 0.0159. The molecule has 4 rings (SSSR count). The van der Waals surface area contributed by atoms with Gasteiger partial charge in [0.15, 0.2) is 6.61 Å². The molecular formula is C27H25FN2O4. The third-order valence-corrected chi connectivity index (χ3v) is 5.72. The SMILES string of the molecule is Cc1ccc(C(=O)O)c(OCC(=O)N(CCc2c[nH]c3ccccc23)Cc2ccccc2F)c1. The number of para-hydroxylation sites is 1. The Balaban J connectivity index is 1.52. The summed E-state index contributed by atoms with van der Waals surface area (Å²) in [5.74, 6) is -1.76. The summed E-state index contributed by atoms with van der Waals surface area (Å²) in [5.41, 5.74) is 3.26. The number of hydrogen-bond donors (Lipinski definition) is 2. The third kappa shape index (κ3) is 5.26. The van der Waals surface area contributed by atoms with Crippen molar-refractivity contribution in [2.24, 2.45) is 0 Å². The van der Waals surface area contributed by atoms with Crippen LogP contribution in [0.4, 0.5) is 4.39 Å². The second-order valence-corrected chi connectivity index (χ2v) is 8.11. The van der Waals surface area contributed by atoms with Crippen LogP contribution in [-0.4, -0.2) is 40.0 Å². The molecule has 0 atom stereocenters. The number of ether oxygens (including phenoxy) is 1. The number of aryl methyl sites for hydroxylation is 1. The molecule has 1 aromatic heterocycles. The first-order valence-corrected chi connectivity index (χ1v) is 11.0. The largest absolute Gasteiger partial charge is 0.483 e. The van der Waals surface area contributed by atoms with Gasteiger partial charge in [-0.3, -0.25) is 4.79 Å². The summed E-state index contributed by atoms with van der Waals surface area (Å²) in [5, 5.41) is 10.5. The van der Waals surface area contributed by atoms with Gasteiger partial charge in [0, 0.05) is 35.8 Å². The normalized spacial score (nSPS) is 10.9. The van der Waals surface area contributed by atoms with E-state index in [1.165, 1.54) is 17.0 Å². The topological polar surface area (TPSA) is 82.6 Å². The zero-order valence-corrected chi connectivity index (χ0v) is 18.8. The van der Waals surface area contributed by atoms with E-state index in [1.54, 1.807) is 30.3 Å². The number of rotatable bonds is 9. The Hall–Kier alpha value is -4.13. The molecule has 1 heterocycles. The smallest absolute Gasteiger partial charge is 0.339 e. The van der Waals surface area contributed by atoms with E-state index in [0.29, 0.717) is 18.5 Å². The number of carbonyl (C=O) groups excluding carboxylic acids is 1. The fourth-order valence-corrected chi connectivity index (χ4v) is 3.87. The lowest BCUT2D eigenvalue weighted by molar-refractivity contribution is -0.134. The molecule has 0 fully saturated rings. The molecule has 0 aliphatic heterocycles. The van der Waals surface area contributed by atoms with E-state index in [0.717, 1.165) is 22.0 Å². The van der Waals surface area contributed by atoms with Crippen molar-refractivity contribution in [3.05, 3.63) is 101 Å². The van der Waals surface area contributed by atoms with Crippen LogP contribution < -0.4 is 4.74 Å². The van der Waals surface area contributed by atoms with Crippen LogP contribution in [0.1, 0.15) is 27.0 Å². The van der Waals surface area contributed by atoms with Crippen LogP contribution in [0.25, 0.3) is 10.9 Å². The molecule has 0 saturated heterocycles. The average molecular weight is 461 g/mol. The third-order valence-electron chi connectivity index (χ3n) is 5.72. The number of nitrogens with zero attached hydrogens (tertiary/aromatic N) is 1. The summed E-state index contributed by atoms with van der Waals surface area (Å²) in [7, 11) is 0. The second-order valence-electron chi connectivity index (χ2n) is 8.11. The number of aromatic carboxylic acids is 1. The van der Waals surface area contributed by atoms with Gasteiger partial charge in [-0.1, -0.05) is 42.5 Å². The van der Waals surface area contributed by atoms with Crippen LogP contribution in [0, 0.1) is 12.7 Å². The summed E-state index contributed by atoms with van der Waals surface area (Å²) in [6.45, 7) is 1.88. The molecule has 6 nitrogen and oxygen atoms in total. The maximum atomic E-state index is 14.3. The lowest BCUT2D eigenvalue weighted by Crippen LogP contribution is -2.36. The highest BCUT2D eigenvalue weighted by molar-refractivity contribution is 5.91. The fourth-order valence-electron chi connectivity index (χ4n) is 3.87. The van der Waals surface area contributed by atoms with Crippen LogP contribution >= 0.6 is 0 Å². The molecule has 0 bridgehead atoms. The van der Waals surface area contributed by atoms with Gasteiger partial charge < -0.3 is 19.7 Å². The van der Waals surface area contributed by atoms with Crippen molar-refractivity contribution in [3.63, 3.8) is 0 Å². The van der Waals surface area contributed by atoms with Gasteiger partial charge in [0.2, 0.25) is 0 Å². The molecule has 0 radical (unpaired) electrons. The first-order valence-electron chi connectivity index (χ1n) is 11.0. The van der Waals surface area contributed by atoms with Crippen molar-refractivity contribution in [1.29, 1.82) is 0 Å². The molecular weight excluding hydrogens is 435 g/mol. The number of carbonyl (C=O) groups is 2. The van der Waals surface area contributed by atoms with E-state index in [1.807, 2.05) is 37.4 Å². The highest BCUT2D eigenvalue weighted by atomic mass is 19.1. The van der Waals surface area contributed by atoms with Crippen LogP contribution in [0.3, 0.4) is 0 Å². The quantitative estimate of drug-likeness (QED) is 0.370. The first-order chi connectivity index (χ1) is 16.4. The lowest BCUT2D eigenvalue weighted by atomic mass is 10.1. The van der Waals surface area contributed by atoms with Crippen LogP contribution in [0.2, 0.25) is 0 Å². The molecule has 0 saturated carbocycles. The molecule has 1 amide bonds. The second kappa shape index (κ2) is 10.2. The first kappa shape index (κ1) is 23.0. The van der Waals surface area contributed by atoms with Crippen LogP contribution in [0.5, 0.6) is 5.75 Å². The maximum absolute atomic E-state index is 14.3. The molecule has 0 spiro atoms. The van der Waals surface area contributed by atoms with Gasteiger partial charge in [-0.05, 0) is 48.7 Å². The van der Waals surface area contributed by atoms with Crippen molar-refractivity contribution in [1.82, 2.24) is 9.88 Å². The van der Waals surface area contributed by atoms with Gasteiger partial charge in [0.25, 0.3) is 5.91 Å². The van der Waals surface area contributed by atoms with E-state index < -0.39 is 5.97 Å². The van der Waals surface area contributed by atoms with Gasteiger partial charge in [0.1, 0.15) is 17.1 Å². The fraction of sp³-hybridized carbons (Fsp3) is 0.185. The number of carboxylic acids is 1. The number of amides is 1. The number of benzene rings is 3. The monoisotopic (exact) mass is 460 g/mol. The van der Waals surface area contributed by atoms with Crippen molar-refractivity contribution < 1.29 is 23.8 Å². The Kier molecular flexibility index (Phi) is 6.92. The Morgan fingerprint density at radius 3 is 2.59 bits per heavy atom. The molecule has 4 aromatic rings. The Morgan fingerprint density at radius 2 is 1.79 bits per heavy atom. The van der Waals surface area contributed by atoms with Gasteiger partial charge in [-0.15, -0.1) is 0 Å². The summed E-state index contributed by atoms with van der Waals surface area (Å²) >= 11 is 0. The van der Waals surface area contributed by atoms with Crippen molar-refractivity contribution in [3.8, 4) is 5.75 Å². The van der Waals surface area contributed by atoms with Crippen LogP contribution in [0.15, 0.2) is 72.9 Å². The standard InChI is InChI=1S/C27H25FN2O4/c1-18-10-11-22(27(32)33)25(14-18)34-17-26(31)30(16-20-6-2-4-8-23(20)28)13-12-19-15-29-24-9-5-3-7-21(19)24/h2-11,14-15,29H,12-13,16-17H2,1H3,(H,32,33). The van der Waals surface area contributed by atoms with Gasteiger partial charge in [-0.25, -0.2) is 9.18 Å². The average Bonchev–Trinajstić information content (AvgIpc) is 3.24. The number of aromatic amines is 1. The van der Waals surface area contributed by atoms with Crippen molar-refractivity contribution in [2.45, 2.75) is 19.9 Å². The highest BCUT2D eigenvalue weighted by Gasteiger charge is 2.19. The molecule has 34 heavy (non-hydrogen) atoms.